The van der Waals surface area contributed by atoms with Gasteiger partial charge in [-0.15, -0.1) is 0 Å². The number of benzene rings is 1. The van der Waals surface area contributed by atoms with E-state index in [1.165, 1.54) is 13.2 Å². The molecule has 0 aliphatic rings. The van der Waals surface area contributed by atoms with Crippen LogP contribution in [0.5, 0.6) is 0 Å². The molecule has 1 aromatic carbocycles. The summed E-state index contributed by atoms with van der Waals surface area (Å²) < 4.78 is 25.2. The molecule has 2 aromatic rings. The molecule has 1 heterocycles. The van der Waals surface area contributed by atoms with Crippen LogP contribution in [0.1, 0.15) is 0 Å². The summed E-state index contributed by atoms with van der Waals surface area (Å²) >= 11 is 0. The number of pyridine rings is 1. The second-order valence-electron chi connectivity index (χ2n) is 3.45. The van der Waals surface area contributed by atoms with Gasteiger partial charge in [0.05, 0.1) is 5.69 Å². The first-order valence-corrected chi connectivity index (χ1v) is 6.57. The third-order valence-electron chi connectivity index (χ3n) is 2.38. The van der Waals surface area contributed by atoms with Gasteiger partial charge in [0, 0.05) is 11.8 Å². The molecule has 5 heteroatoms. The van der Waals surface area contributed by atoms with Gasteiger partial charge in [0.15, 0.2) is 0 Å². The van der Waals surface area contributed by atoms with Gasteiger partial charge >= 0.3 is 0 Å². The van der Waals surface area contributed by atoms with Crippen LogP contribution in [0.3, 0.4) is 0 Å². The summed E-state index contributed by atoms with van der Waals surface area (Å²) in [7, 11) is -2.03. The number of hydrogen-bond acceptors (Lipinski definition) is 3. The molecule has 0 fully saturated rings. The predicted molar refractivity (Wildman–Crippen MR) is 65.9 cm³/mol. The second-order valence-corrected chi connectivity index (χ2v) is 5.34. The maximum atomic E-state index is 11.5. The summed E-state index contributed by atoms with van der Waals surface area (Å²) in [6, 6.07) is 12.8. The van der Waals surface area contributed by atoms with Crippen LogP contribution in [-0.4, -0.2) is 20.4 Å². The molecule has 0 radical (unpaired) electrons. The minimum absolute atomic E-state index is 0.166. The lowest BCUT2D eigenvalue weighted by Crippen LogP contribution is -2.18. The van der Waals surface area contributed by atoms with Gasteiger partial charge in [-0.1, -0.05) is 30.3 Å². The topological polar surface area (TPSA) is 59.1 Å². The van der Waals surface area contributed by atoms with Gasteiger partial charge in [-0.25, -0.2) is 13.1 Å². The molecule has 2 rings (SSSR count). The fourth-order valence-electron chi connectivity index (χ4n) is 1.44. The van der Waals surface area contributed by atoms with E-state index in [2.05, 4.69) is 9.71 Å². The first-order chi connectivity index (χ1) is 8.13. The molecule has 0 saturated carbocycles. The highest BCUT2D eigenvalue weighted by atomic mass is 32.2. The highest BCUT2D eigenvalue weighted by molar-refractivity contribution is 7.89. The zero-order valence-electron chi connectivity index (χ0n) is 9.29. The van der Waals surface area contributed by atoms with Crippen LogP contribution in [0, 0.1) is 0 Å². The smallest absolute Gasteiger partial charge is 0.241 e. The van der Waals surface area contributed by atoms with Crippen molar-refractivity contribution in [3.05, 3.63) is 48.7 Å². The Kier molecular flexibility index (Phi) is 3.21. The maximum Gasteiger partial charge on any atom is 0.241 e. The number of nitrogens with one attached hydrogen (secondary N) is 1. The lowest BCUT2D eigenvalue weighted by atomic mass is 10.1. The normalized spacial score (nSPS) is 11.4. The Hall–Kier alpha value is -1.72. The summed E-state index contributed by atoms with van der Waals surface area (Å²) in [4.78, 5) is 4.31. The van der Waals surface area contributed by atoms with Crippen molar-refractivity contribution in [3.63, 3.8) is 0 Å². The van der Waals surface area contributed by atoms with Crippen LogP contribution in [0.25, 0.3) is 11.3 Å². The standard InChI is InChI=1S/C12H12N2O2S/c1-13-17(15,16)11-7-8-12(14-9-11)10-5-3-2-4-6-10/h2-9,13H,1H3. The van der Waals surface area contributed by atoms with E-state index in [1.54, 1.807) is 12.1 Å². The minimum atomic E-state index is -3.41. The number of nitrogens with zero attached hydrogens (tertiary/aromatic N) is 1. The second kappa shape index (κ2) is 4.65. The third kappa shape index (κ3) is 2.51. The van der Waals surface area contributed by atoms with Crippen LogP contribution in [-0.2, 0) is 10.0 Å². The molecular weight excluding hydrogens is 236 g/mol. The highest BCUT2D eigenvalue weighted by Crippen LogP contribution is 2.17. The van der Waals surface area contributed by atoms with Crippen molar-refractivity contribution in [1.29, 1.82) is 0 Å². The van der Waals surface area contributed by atoms with E-state index < -0.39 is 10.0 Å². The van der Waals surface area contributed by atoms with Crippen LogP contribution in [0.4, 0.5) is 0 Å². The van der Waals surface area contributed by atoms with Gasteiger partial charge in [-0.05, 0) is 19.2 Å². The Balaban J connectivity index is 2.38. The Morgan fingerprint density at radius 2 is 1.76 bits per heavy atom. The maximum absolute atomic E-state index is 11.5. The zero-order valence-corrected chi connectivity index (χ0v) is 10.1. The van der Waals surface area contributed by atoms with Gasteiger partial charge in [-0.2, -0.15) is 0 Å². The van der Waals surface area contributed by atoms with Crippen molar-refractivity contribution in [2.75, 3.05) is 7.05 Å². The lowest BCUT2D eigenvalue weighted by molar-refractivity contribution is 0.588. The summed E-state index contributed by atoms with van der Waals surface area (Å²) in [5.41, 5.74) is 1.71. The average Bonchev–Trinajstić information content (AvgIpc) is 2.40. The molecule has 1 N–H and O–H groups in total. The van der Waals surface area contributed by atoms with Crippen molar-refractivity contribution < 1.29 is 8.42 Å². The monoisotopic (exact) mass is 248 g/mol. The van der Waals surface area contributed by atoms with E-state index in [0.717, 1.165) is 11.3 Å². The van der Waals surface area contributed by atoms with Crippen LogP contribution >= 0.6 is 0 Å². The fourth-order valence-corrected chi connectivity index (χ4v) is 2.11. The third-order valence-corrected chi connectivity index (χ3v) is 3.78. The molecule has 0 amide bonds. The predicted octanol–water partition coefficient (Wildman–Crippen LogP) is 1.66. The Bertz CT molecular complexity index is 592. The molecular formula is C12H12N2O2S. The zero-order chi connectivity index (χ0) is 12.3. The van der Waals surface area contributed by atoms with E-state index in [-0.39, 0.29) is 4.90 Å². The quantitative estimate of drug-likeness (QED) is 0.898. The van der Waals surface area contributed by atoms with Gasteiger partial charge < -0.3 is 0 Å². The molecule has 0 atom stereocenters. The summed E-state index contributed by atoms with van der Waals surface area (Å²) in [5, 5.41) is 0. The van der Waals surface area contributed by atoms with E-state index in [1.807, 2.05) is 30.3 Å². The molecule has 0 spiro atoms. The Morgan fingerprint density at radius 3 is 2.29 bits per heavy atom. The molecule has 0 saturated heterocycles. The van der Waals surface area contributed by atoms with Crippen molar-refractivity contribution >= 4 is 10.0 Å². The van der Waals surface area contributed by atoms with Crippen LogP contribution in [0.15, 0.2) is 53.6 Å². The first kappa shape index (κ1) is 11.8. The number of hydrogen-bond donors (Lipinski definition) is 1. The summed E-state index contributed by atoms with van der Waals surface area (Å²) in [6.07, 6.45) is 1.36. The van der Waals surface area contributed by atoms with E-state index in [4.69, 9.17) is 0 Å². The minimum Gasteiger partial charge on any atom is -0.255 e. The van der Waals surface area contributed by atoms with Gasteiger partial charge in [0.25, 0.3) is 0 Å². The number of aromatic nitrogens is 1. The molecule has 4 nitrogen and oxygen atoms in total. The Labute approximate surface area is 100 Å². The SMILES string of the molecule is CNS(=O)(=O)c1ccc(-c2ccccc2)nc1. The Morgan fingerprint density at radius 1 is 1.06 bits per heavy atom. The molecule has 0 aliphatic heterocycles. The molecule has 0 aliphatic carbocycles. The van der Waals surface area contributed by atoms with Gasteiger partial charge in [-0.3, -0.25) is 4.98 Å². The molecule has 0 bridgehead atoms. The average molecular weight is 248 g/mol. The largest absolute Gasteiger partial charge is 0.255 e. The van der Waals surface area contributed by atoms with E-state index in [0.29, 0.717) is 0 Å². The van der Waals surface area contributed by atoms with Crippen molar-refractivity contribution in [2.24, 2.45) is 0 Å². The van der Waals surface area contributed by atoms with Gasteiger partial charge in [0.2, 0.25) is 10.0 Å². The number of sulfonamides is 1. The molecule has 17 heavy (non-hydrogen) atoms. The highest BCUT2D eigenvalue weighted by Gasteiger charge is 2.11. The molecule has 88 valence electrons. The number of rotatable bonds is 3. The van der Waals surface area contributed by atoms with Crippen molar-refractivity contribution in [2.45, 2.75) is 4.90 Å². The van der Waals surface area contributed by atoms with Crippen LogP contribution < -0.4 is 4.72 Å². The summed E-state index contributed by atoms with van der Waals surface area (Å²) in [5.74, 6) is 0. The van der Waals surface area contributed by atoms with E-state index >= 15 is 0 Å². The van der Waals surface area contributed by atoms with Crippen molar-refractivity contribution in [1.82, 2.24) is 9.71 Å². The lowest BCUT2D eigenvalue weighted by Gasteiger charge is -2.03. The van der Waals surface area contributed by atoms with Crippen molar-refractivity contribution in [3.8, 4) is 11.3 Å². The fraction of sp³-hybridized carbons (Fsp3) is 0.0833. The molecule has 0 unspecified atom stereocenters. The van der Waals surface area contributed by atoms with Gasteiger partial charge in [0.1, 0.15) is 4.90 Å². The summed E-state index contributed by atoms with van der Waals surface area (Å²) in [6.45, 7) is 0. The van der Waals surface area contributed by atoms with E-state index in [9.17, 15) is 8.42 Å². The van der Waals surface area contributed by atoms with Crippen LogP contribution in [0.2, 0.25) is 0 Å². The first-order valence-electron chi connectivity index (χ1n) is 5.08. The molecule has 1 aromatic heterocycles.